The van der Waals surface area contributed by atoms with Crippen LogP contribution in [0.3, 0.4) is 0 Å². The molecule has 7 nitrogen and oxygen atoms in total. The van der Waals surface area contributed by atoms with E-state index in [-0.39, 0.29) is 18.2 Å². The van der Waals surface area contributed by atoms with Gasteiger partial charge in [-0.25, -0.2) is 0 Å². The summed E-state index contributed by atoms with van der Waals surface area (Å²) >= 11 is 1.13. The monoisotopic (exact) mass is 394 g/mol. The minimum Gasteiger partial charge on any atom is -0.497 e. The van der Waals surface area contributed by atoms with E-state index in [1.807, 2.05) is 48.5 Å². The first kappa shape index (κ1) is 18.1. The van der Waals surface area contributed by atoms with Crippen molar-refractivity contribution in [3.05, 3.63) is 54.6 Å². The molecule has 142 valence electrons. The first-order valence-corrected chi connectivity index (χ1v) is 9.56. The van der Waals surface area contributed by atoms with Crippen molar-refractivity contribution in [1.29, 1.82) is 0 Å². The molecule has 1 aromatic heterocycles. The average molecular weight is 394 g/mol. The van der Waals surface area contributed by atoms with Crippen LogP contribution in [0.4, 0.5) is 10.8 Å². The zero-order chi connectivity index (χ0) is 19.5. The van der Waals surface area contributed by atoms with Gasteiger partial charge in [0.25, 0.3) is 0 Å². The third-order valence-electron chi connectivity index (χ3n) is 4.55. The molecule has 3 aromatic rings. The van der Waals surface area contributed by atoms with E-state index in [0.29, 0.717) is 23.3 Å². The number of carbonyl (C=O) groups excluding carboxylic acids is 2. The third kappa shape index (κ3) is 3.72. The molecule has 1 atom stereocenters. The second-order valence-corrected chi connectivity index (χ2v) is 7.14. The summed E-state index contributed by atoms with van der Waals surface area (Å²) < 4.78 is 9.50. The highest BCUT2D eigenvalue weighted by Gasteiger charge is 2.35. The Morgan fingerprint density at radius 1 is 1.21 bits per heavy atom. The Bertz CT molecular complexity index is 1010. The van der Waals surface area contributed by atoms with Crippen LogP contribution >= 0.6 is 11.5 Å². The Balaban J connectivity index is 1.43. The van der Waals surface area contributed by atoms with Crippen LogP contribution in [0.1, 0.15) is 6.42 Å². The van der Waals surface area contributed by atoms with Crippen LogP contribution < -0.4 is 15.0 Å². The van der Waals surface area contributed by atoms with E-state index in [4.69, 9.17) is 4.74 Å². The normalized spacial score (nSPS) is 16.2. The molecule has 0 radical (unpaired) electrons. The summed E-state index contributed by atoms with van der Waals surface area (Å²) in [6.45, 7) is 0.322. The zero-order valence-corrected chi connectivity index (χ0v) is 16.0. The van der Waals surface area contributed by atoms with Gasteiger partial charge in [-0.15, -0.1) is 0 Å². The maximum atomic E-state index is 12.6. The molecule has 1 aliphatic heterocycles. The van der Waals surface area contributed by atoms with E-state index in [1.165, 1.54) is 0 Å². The van der Waals surface area contributed by atoms with Crippen LogP contribution in [0.2, 0.25) is 0 Å². The lowest BCUT2D eigenvalue weighted by Gasteiger charge is -2.17. The molecule has 8 heteroatoms. The van der Waals surface area contributed by atoms with Gasteiger partial charge in [0.1, 0.15) is 5.75 Å². The standard InChI is InChI=1S/C20H18N4O3S/c1-27-16-9-5-8-15(11-16)24-12-14(10-17(24)25)19(26)22-20-21-18(23-28-20)13-6-3-2-4-7-13/h2-9,11,14H,10,12H2,1H3,(H,21,22,23,26). The Kier molecular flexibility index (Phi) is 5.03. The molecule has 1 aliphatic rings. The van der Waals surface area contributed by atoms with Gasteiger partial charge in [0, 0.05) is 41.8 Å². The van der Waals surface area contributed by atoms with Gasteiger partial charge in [-0.3, -0.25) is 9.59 Å². The van der Waals surface area contributed by atoms with E-state index in [9.17, 15) is 9.59 Å². The van der Waals surface area contributed by atoms with E-state index in [1.54, 1.807) is 18.1 Å². The van der Waals surface area contributed by atoms with Gasteiger partial charge in [0.05, 0.1) is 13.0 Å². The summed E-state index contributed by atoms with van der Waals surface area (Å²) in [6, 6.07) is 16.8. The van der Waals surface area contributed by atoms with Crippen molar-refractivity contribution in [2.24, 2.45) is 5.92 Å². The fourth-order valence-corrected chi connectivity index (χ4v) is 3.69. The Morgan fingerprint density at radius 3 is 2.82 bits per heavy atom. The summed E-state index contributed by atoms with van der Waals surface area (Å²) in [4.78, 5) is 31.0. The van der Waals surface area contributed by atoms with Crippen LogP contribution in [0.15, 0.2) is 54.6 Å². The zero-order valence-electron chi connectivity index (χ0n) is 15.2. The number of amides is 2. The summed E-state index contributed by atoms with van der Waals surface area (Å²) in [5.41, 5.74) is 1.61. The van der Waals surface area contributed by atoms with Gasteiger partial charge in [-0.05, 0) is 12.1 Å². The van der Waals surface area contributed by atoms with E-state index in [2.05, 4.69) is 14.7 Å². The quantitative estimate of drug-likeness (QED) is 0.718. The maximum Gasteiger partial charge on any atom is 0.231 e. The smallest absolute Gasteiger partial charge is 0.231 e. The van der Waals surface area contributed by atoms with Crippen LogP contribution in [0.5, 0.6) is 5.75 Å². The van der Waals surface area contributed by atoms with Crippen molar-refractivity contribution in [3.8, 4) is 17.1 Å². The maximum absolute atomic E-state index is 12.6. The van der Waals surface area contributed by atoms with Crippen molar-refractivity contribution >= 4 is 34.2 Å². The highest BCUT2D eigenvalue weighted by atomic mass is 32.1. The lowest BCUT2D eigenvalue weighted by Crippen LogP contribution is -2.28. The molecule has 28 heavy (non-hydrogen) atoms. The van der Waals surface area contributed by atoms with E-state index >= 15 is 0 Å². The number of benzene rings is 2. The van der Waals surface area contributed by atoms with Gasteiger partial charge in [-0.2, -0.15) is 9.36 Å². The van der Waals surface area contributed by atoms with Crippen molar-refractivity contribution in [3.63, 3.8) is 0 Å². The molecule has 1 saturated heterocycles. The molecule has 4 rings (SSSR count). The molecule has 0 bridgehead atoms. The molecule has 0 aliphatic carbocycles. The van der Waals surface area contributed by atoms with Crippen molar-refractivity contribution < 1.29 is 14.3 Å². The first-order valence-electron chi connectivity index (χ1n) is 8.78. The lowest BCUT2D eigenvalue weighted by atomic mass is 10.1. The molecule has 0 saturated carbocycles. The number of aromatic nitrogens is 2. The molecular formula is C20H18N4O3S. The minimum atomic E-state index is -0.442. The van der Waals surface area contributed by atoms with Gasteiger partial charge in [0.2, 0.25) is 16.9 Å². The average Bonchev–Trinajstić information content (AvgIpc) is 3.35. The molecule has 1 fully saturated rings. The van der Waals surface area contributed by atoms with Crippen molar-refractivity contribution in [1.82, 2.24) is 9.36 Å². The molecule has 0 spiro atoms. The minimum absolute atomic E-state index is 0.0874. The van der Waals surface area contributed by atoms with Crippen molar-refractivity contribution in [2.45, 2.75) is 6.42 Å². The topological polar surface area (TPSA) is 84.4 Å². The number of nitrogens with zero attached hydrogens (tertiary/aromatic N) is 3. The fraction of sp³-hybridized carbons (Fsp3) is 0.200. The first-order chi connectivity index (χ1) is 13.6. The number of methoxy groups -OCH3 is 1. The number of ether oxygens (including phenoxy) is 1. The number of hydrogen-bond donors (Lipinski definition) is 1. The van der Waals surface area contributed by atoms with Crippen LogP contribution in [0, 0.1) is 5.92 Å². The third-order valence-corrected chi connectivity index (χ3v) is 5.18. The van der Waals surface area contributed by atoms with E-state index < -0.39 is 5.92 Å². The summed E-state index contributed by atoms with van der Waals surface area (Å²) in [7, 11) is 1.58. The van der Waals surface area contributed by atoms with Crippen LogP contribution in [-0.2, 0) is 9.59 Å². The highest BCUT2D eigenvalue weighted by molar-refractivity contribution is 7.10. The number of nitrogens with one attached hydrogen (secondary N) is 1. The fourth-order valence-electron chi connectivity index (χ4n) is 3.10. The molecule has 2 aromatic carbocycles. The predicted octanol–water partition coefficient (Wildman–Crippen LogP) is 3.21. The second kappa shape index (κ2) is 7.77. The Hall–Kier alpha value is -3.26. The Morgan fingerprint density at radius 2 is 2.04 bits per heavy atom. The number of hydrogen-bond acceptors (Lipinski definition) is 6. The van der Waals surface area contributed by atoms with Gasteiger partial charge in [-0.1, -0.05) is 36.4 Å². The van der Waals surface area contributed by atoms with Crippen LogP contribution in [0.25, 0.3) is 11.4 Å². The SMILES string of the molecule is COc1cccc(N2CC(C(=O)Nc3nc(-c4ccccc4)ns3)CC2=O)c1. The molecular weight excluding hydrogens is 376 g/mol. The summed E-state index contributed by atoms with van der Waals surface area (Å²) in [5.74, 6) is 0.481. The Labute approximate surface area is 166 Å². The second-order valence-electron chi connectivity index (χ2n) is 6.39. The number of anilines is 2. The van der Waals surface area contributed by atoms with E-state index in [0.717, 1.165) is 22.8 Å². The molecule has 1 N–H and O–H groups in total. The molecule has 2 heterocycles. The number of carbonyl (C=O) groups is 2. The van der Waals surface area contributed by atoms with Gasteiger partial charge in [0.15, 0.2) is 5.82 Å². The largest absolute Gasteiger partial charge is 0.497 e. The molecule has 1 unspecified atom stereocenters. The van der Waals surface area contributed by atoms with Gasteiger partial charge < -0.3 is 15.0 Å². The lowest BCUT2D eigenvalue weighted by molar-refractivity contribution is -0.122. The predicted molar refractivity (Wildman–Crippen MR) is 107 cm³/mol. The van der Waals surface area contributed by atoms with Crippen LogP contribution in [-0.4, -0.2) is 34.8 Å². The van der Waals surface area contributed by atoms with Gasteiger partial charge >= 0.3 is 0 Å². The van der Waals surface area contributed by atoms with Crippen molar-refractivity contribution in [2.75, 3.05) is 23.9 Å². The summed E-state index contributed by atoms with van der Waals surface area (Å²) in [5, 5.41) is 3.22. The molecule has 2 amide bonds. The highest BCUT2D eigenvalue weighted by Crippen LogP contribution is 2.29. The number of rotatable bonds is 5. The summed E-state index contributed by atoms with van der Waals surface area (Å²) in [6.07, 6.45) is 0.160.